The van der Waals surface area contributed by atoms with E-state index in [-0.39, 0.29) is 29.5 Å². The van der Waals surface area contributed by atoms with Gasteiger partial charge in [0, 0.05) is 43.9 Å². The summed E-state index contributed by atoms with van der Waals surface area (Å²) in [6, 6.07) is -0.589. The number of amides is 2. The Kier molecular flexibility index (Phi) is 7.28. The third-order valence-corrected chi connectivity index (χ3v) is 5.94. The second-order valence-corrected chi connectivity index (χ2v) is 7.64. The summed E-state index contributed by atoms with van der Waals surface area (Å²) in [5.74, 6) is -0.483. The van der Waals surface area contributed by atoms with Gasteiger partial charge in [-0.3, -0.25) is 19.2 Å². The van der Waals surface area contributed by atoms with Crippen LogP contribution in [0, 0.1) is 11.8 Å². The molecule has 2 aliphatic rings. The third-order valence-electron chi connectivity index (χ3n) is 4.78. The van der Waals surface area contributed by atoms with Crippen molar-refractivity contribution in [1.82, 2.24) is 10.2 Å². The summed E-state index contributed by atoms with van der Waals surface area (Å²) in [4.78, 5) is 49.6. The molecular weight excluding hydrogens is 344 g/mol. The Labute approximate surface area is 152 Å². The SMILES string of the molecule is COC(=O)C1CCC(=O)C1CSC[C@H](NC(C)=O)C(=O)N1CCCC1. The first kappa shape index (κ1) is 19.8. The fourth-order valence-corrected chi connectivity index (χ4v) is 4.71. The Hall–Kier alpha value is -1.57. The molecule has 0 bridgehead atoms. The monoisotopic (exact) mass is 370 g/mol. The summed E-state index contributed by atoms with van der Waals surface area (Å²) < 4.78 is 4.78. The maximum Gasteiger partial charge on any atom is 0.309 e. The number of Topliss-reactive ketones (excluding diaryl/α,β-unsaturated/α-hetero) is 1. The number of hydrogen-bond donors (Lipinski definition) is 1. The summed E-state index contributed by atoms with van der Waals surface area (Å²) in [5, 5.41) is 2.71. The van der Waals surface area contributed by atoms with E-state index in [1.165, 1.54) is 25.8 Å². The van der Waals surface area contributed by atoms with Crippen molar-refractivity contribution in [1.29, 1.82) is 0 Å². The molecule has 1 aliphatic heterocycles. The van der Waals surface area contributed by atoms with Gasteiger partial charge in [0.15, 0.2) is 0 Å². The number of carbonyl (C=O) groups excluding carboxylic acids is 4. The topological polar surface area (TPSA) is 92.8 Å². The van der Waals surface area contributed by atoms with Crippen LogP contribution in [0.5, 0.6) is 0 Å². The number of nitrogens with zero attached hydrogens (tertiary/aromatic N) is 1. The van der Waals surface area contributed by atoms with Gasteiger partial charge in [0.05, 0.1) is 13.0 Å². The first-order valence-corrected chi connectivity index (χ1v) is 9.83. The van der Waals surface area contributed by atoms with Crippen LogP contribution in [-0.4, -0.2) is 66.2 Å². The van der Waals surface area contributed by atoms with Crippen molar-refractivity contribution in [2.75, 3.05) is 31.7 Å². The molecule has 0 aromatic carbocycles. The number of carbonyl (C=O) groups is 4. The van der Waals surface area contributed by atoms with E-state index in [1.54, 1.807) is 4.90 Å². The zero-order chi connectivity index (χ0) is 18.4. The lowest BCUT2D eigenvalue weighted by Crippen LogP contribution is -2.48. The second kappa shape index (κ2) is 9.22. The van der Waals surface area contributed by atoms with Crippen molar-refractivity contribution >= 4 is 35.3 Å². The first-order valence-electron chi connectivity index (χ1n) is 8.68. The number of likely N-dealkylation sites (tertiary alicyclic amines) is 1. The molecule has 0 spiro atoms. The van der Waals surface area contributed by atoms with Gasteiger partial charge in [-0.05, 0) is 19.3 Å². The molecule has 2 unspecified atom stereocenters. The van der Waals surface area contributed by atoms with Gasteiger partial charge in [-0.2, -0.15) is 11.8 Å². The number of thioether (sulfide) groups is 1. The van der Waals surface area contributed by atoms with E-state index in [2.05, 4.69) is 5.32 Å². The normalized spacial score (nSPS) is 24.2. The summed E-state index contributed by atoms with van der Waals surface area (Å²) in [6.45, 7) is 2.85. The Balaban J connectivity index is 1.90. The number of ether oxygens (including phenoxy) is 1. The van der Waals surface area contributed by atoms with Crippen LogP contribution in [0.3, 0.4) is 0 Å². The summed E-state index contributed by atoms with van der Waals surface area (Å²) in [7, 11) is 1.33. The molecule has 2 rings (SSSR count). The van der Waals surface area contributed by atoms with E-state index < -0.39 is 12.0 Å². The molecule has 0 aromatic rings. The Morgan fingerprint density at radius 3 is 2.60 bits per heavy atom. The molecule has 1 saturated heterocycles. The molecule has 2 amide bonds. The third kappa shape index (κ3) is 5.20. The zero-order valence-corrected chi connectivity index (χ0v) is 15.6. The fourth-order valence-electron chi connectivity index (χ4n) is 3.44. The number of hydrogen-bond acceptors (Lipinski definition) is 6. The largest absolute Gasteiger partial charge is 0.469 e. The molecule has 1 heterocycles. The van der Waals surface area contributed by atoms with Crippen molar-refractivity contribution in [3.05, 3.63) is 0 Å². The molecule has 1 N–H and O–H groups in total. The number of ketones is 1. The van der Waals surface area contributed by atoms with Gasteiger partial charge < -0.3 is 15.0 Å². The van der Waals surface area contributed by atoms with Crippen LogP contribution >= 0.6 is 11.8 Å². The van der Waals surface area contributed by atoms with Crippen LogP contribution in [0.25, 0.3) is 0 Å². The van der Waals surface area contributed by atoms with Crippen molar-refractivity contribution in [2.24, 2.45) is 11.8 Å². The molecule has 0 aromatic heterocycles. The van der Waals surface area contributed by atoms with Crippen molar-refractivity contribution < 1.29 is 23.9 Å². The minimum atomic E-state index is -0.589. The van der Waals surface area contributed by atoms with E-state index in [9.17, 15) is 19.2 Å². The highest BCUT2D eigenvalue weighted by molar-refractivity contribution is 7.99. The predicted molar refractivity (Wildman–Crippen MR) is 94.0 cm³/mol. The van der Waals surface area contributed by atoms with Crippen molar-refractivity contribution in [3.63, 3.8) is 0 Å². The first-order chi connectivity index (χ1) is 11.9. The zero-order valence-electron chi connectivity index (χ0n) is 14.8. The van der Waals surface area contributed by atoms with E-state index in [1.807, 2.05) is 0 Å². The highest BCUT2D eigenvalue weighted by Gasteiger charge is 2.40. The number of nitrogens with one attached hydrogen (secondary N) is 1. The molecule has 0 radical (unpaired) electrons. The molecule has 3 atom stereocenters. The summed E-state index contributed by atoms with van der Waals surface area (Å²) in [5.41, 5.74) is 0. The second-order valence-electron chi connectivity index (χ2n) is 6.56. The van der Waals surface area contributed by atoms with Gasteiger partial charge >= 0.3 is 5.97 Å². The number of esters is 1. The average molecular weight is 370 g/mol. The highest BCUT2D eigenvalue weighted by Crippen LogP contribution is 2.32. The summed E-state index contributed by atoms with van der Waals surface area (Å²) in [6.07, 6.45) is 2.90. The molecule has 140 valence electrons. The molecule has 1 aliphatic carbocycles. The van der Waals surface area contributed by atoms with E-state index in [0.29, 0.717) is 24.3 Å². The fraction of sp³-hybridized carbons (Fsp3) is 0.765. The average Bonchev–Trinajstić information content (AvgIpc) is 3.23. The lowest BCUT2D eigenvalue weighted by molar-refractivity contribution is -0.147. The molecule has 7 nitrogen and oxygen atoms in total. The highest BCUT2D eigenvalue weighted by atomic mass is 32.2. The lowest BCUT2D eigenvalue weighted by atomic mass is 9.98. The Morgan fingerprint density at radius 2 is 2.00 bits per heavy atom. The summed E-state index contributed by atoms with van der Waals surface area (Å²) >= 11 is 1.43. The van der Waals surface area contributed by atoms with Gasteiger partial charge in [-0.25, -0.2) is 0 Å². The predicted octanol–water partition coefficient (Wildman–Crippen LogP) is 0.615. The van der Waals surface area contributed by atoms with Gasteiger partial charge in [-0.15, -0.1) is 0 Å². The maximum absolute atomic E-state index is 12.5. The lowest BCUT2D eigenvalue weighted by Gasteiger charge is -2.24. The Bertz CT molecular complexity index is 533. The van der Waals surface area contributed by atoms with Crippen molar-refractivity contribution in [2.45, 2.75) is 38.6 Å². The van der Waals surface area contributed by atoms with Crippen LogP contribution in [-0.2, 0) is 23.9 Å². The van der Waals surface area contributed by atoms with Crippen LogP contribution in [0.15, 0.2) is 0 Å². The van der Waals surface area contributed by atoms with Crippen molar-refractivity contribution in [3.8, 4) is 0 Å². The standard InChI is InChI=1S/C17H26N2O5S/c1-11(20)18-14(16(22)19-7-3-4-8-19)10-25-9-13-12(17(23)24-2)5-6-15(13)21/h12-14H,3-10H2,1-2H3,(H,18,20)/t12?,13?,14-/m0/s1. The smallest absolute Gasteiger partial charge is 0.309 e. The quantitative estimate of drug-likeness (QED) is 0.660. The number of rotatable bonds is 7. The van der Waals surface area contributed by atoms with E-state index in [4.69, 9.17) is 4.74 Å². The molecule has 25 heavy (non-hydrogen) atoms. The van der Waals surface area contributed by atoms with Crippen LogP contribution in [0.4, 0.5) is 0 Å². The van der Waals surface area contributed by atoms with E-state index in [0.717, 1.165) is 25.9 Å². The minimum Gasteiger partial charge on any atom is -0.469 e. The van der Waals surface area contributed by atoms with Gasteiger partial charge in [0.1, 0.15) is 11.8 Å². The minimum absolute atomic E-state index is 0.0672. The molecule has 1 saturated carbocycles. The van der Waals surface area contributed by atoms with Crippen LogP contribution in [0.1, 0.15) is 32.6 Å². The Morgan fingerprint density at radius 1 is 1.32 bits per heavy atom. The molecular formula is C17H26N2O5S. The van der Waals surface area contributed by atoms with Crippen LogP contribution in [0.2, 0.25) is 0 Å². The molecule has 2 fully saturated rings. The van der Waals surface area contributed by atoms with Crippen LogP contribution < -0.4 is 5.32 Å². The van der Waals surface area contributed by atoms with Gasteiger partial charge in [-0.1, -0.05) is 0 Å². The maximum atomic E-state index is 12.5. The van der Waals surface area contributed by atoms with E-state index >= 15 is 0 Å². The molecule has 8 heteroatoms. The van der Waals surface area contributed by atoms with Gasteiger partial charge in [0.2, 0.25) is 11.8 Å². The number of methoxy groups -OCH3 is 1. The van der Waals surface area contributed by atoms with Gasteiger partial charge in [0.25, 0.3) is 0 Å².